The Morgan fingerprint density at radius 2 is 2.20 bits per heavy atom. The zero-order chi connectivity index (χ0) is 4.28. The van der Waals surface area contributed by atoms with Crippen molar-refractivity contribution >= 4 is 11.6 Å². The molecular formula is C2H2ClFO. The van der Waals surface area contributed by atoms with Crippen LogP contribution in [0.5, 0.6) is 0 Å². The van der Waals surface area contributed by atoms with Crippen LogP contribution in [0.2, 0.25) is 0 Å². The van der Waals surface area contributed by atoms with E-state index in [2.05, 4.69) is 11.6 Å². The first-order valence-corrected chi connectivity index (χ1v) is 1.30. The molecule has 30 valence electrons. The van der Waals surface area contributed by atoms with Crippen molar-refractivity contribution in [3.8, 4) is 0 Å². The van der Waals surface area contributed by atoms with Crippen LogP contribution in [-0.2, 0) is 0 Å². The van der Waals surface area contributed by atoms with E-state index in [1.807, 2.05) is 0 Å². The van der Waals surface area contributed by atoms with Gasteiger partial charge in [-0.15, -0.1) is 0 Å². The number of aliphatic hydroxyl groups is 1. The van der Waals surface area contributed by atoms with Gasteiger partial charge in [0, 0.05) is 0 Å². The van der Waals surface area contributed by atoms with Gasteiger partial charge in [0.05, 0.1) is 0 Å². The van der Waals surface area contributed by atoms with E-state index >= 15 is 0 Å². The van der Waals surface area contributed by atoms with Gasteiger partial charge in [0.2, 0.25) is 5.29 Å². The highest BCUT2D eigenvalue weighted by Crippen LogP contribution is 1.96. The molecule has 0 aliphatic rings. The van der Waals surface area contributed by atoms with Crippen molar-refractivity contribution in [2.75, 3.05) is 0 Å². The Balaban J connectivity index is 3.14. The second-order valence-corrected chi connectivity index (χ2v) is 0.780. The molecule has 0 atom stereocenters. The number of hydrogen-bond acceptors (Lipinski definition) is 1. The molecule has 3 heteroatoms. The first kappa shape index (κ1) is 4.76. The SMILES string of the molecule is OC=C(F)Cl. The Morgan fingerprint density at radius 3 is 2.20 bits per heavy atom. The minimum Gasteiger partial charge on any atom is -0.512 e. The summed E-state index contributed by atoms with van der Waals surface area (Å²) >= 11 is 4.41. The lowest BCUT2D eigenvalue weighted by Gasteiger charge is -1.65. The summed E-state index contributed by atoms with van der Waals surface area (Å²) in [6, 6.07) is 0. The summed E-state index contributed by atoms with van der Waals surface area (Å²) in [5, 5.41) is 6.38. The first-order valence-electron chi connectivity index (χ1n) is 0.925. The summed E-state index contributed by atoms with van der Waals surface area (Å²) in [6.45, 7) is 0. The lowest BCUT2D eigenvalue weighted by molar-refractivity contribution is 0.452. The van der Waals surface area contributed by atoms with Crippen molar-refractivity contribution in [3.05, 3.63) is 11.5 Å². The number of aliphatic hydroxyl groups excluding tert-OH is 1. The van der Waals surface area contributed by atoms with Gasteiger partial charge in [-0.1, -0.05) is 0 Å². The highest BCUT2D eigenvalue weighted by Gasteiger charge is 1.74. The maximum atomic E-state index is 10.8. The maximum absolute atomic E-state index is 10.8. The first-order chi connectivity index (χ1) is 2.27. The molecule has 0 saturated carbocycles. The van der Waals surface area contributed by atoms with Gasteiger partial charge in [-0.2, -0.15) is 4.39 Å². The summed E-state index contributed by atoms with van der Waals surface area (Å²) < 4.78 is 10.8. The van der Waals surface area contributed by atoms with E-state index in [1.54, 1.807) is 0 Å². The molecule has 0 heterocycles. The average Bonchev–Trinajstić information content (AvgIpc) is 1.38. The van der Waals surface area contributed by atoms with Gasteiger partial charge in [0.25, 0.3) is 0 Å². The summed E-state index contributed by atoms with van der Waals surface area (Å²) in [4.78, 5) is 0. The van der Waals surface area contributed by atoms with E-state index in [4.69, 9.17) is 5.11 Å². The highest BCUT2D eigenvalue weighted by atomic mass is 35.5. The van der Waals surface area contributed by atoms with Crippen molar-refractivity contribution in [1.82, 2.24) is 0 Å². The van der Waals surface area contributed by atoms with E-state index in [0.717, 1.165) is 0 Å². The maximum Gasteiger partial charge on any atom is 0.223 e. The molecule has 0 aliphatic carbocycles. The van der Waals surface area contributed by atoms with E-state index in [0.29, 0.717) is 0 Å². The summed E-state index contributed by atoms with van der Waals surface area (Å²) in [5.41, 5.74) is 0. The minimum atomic E-state index is -1.09. The van der Waals surface area contributed by atoms with Crippen molar-refractivity contribution in [1.29, 1.82) is 0 Å². The van der Waals surface area contributed by atoms with Gasteiger partial charge in [-0.05, 0) is 11.6 Å². The molecule has 0 radical (unpaired) electrons. The standard InChI is InChI=1S/C2H2ClFO/c3-2(4)1-5/h1,5H. The fourth-order valence-corrected chi connectivity index (χ4v) is 0. The average molecular weight is 96.5 g/mol. The van der Waals surface area contributed by atoms with Crippen molar-refractivity contribution < 1.29 is 9.50 Å². The lowest BCUT2D eigenvalue weighted by Crippen LogP contribution is -1.47. The van der Waals surface area contributed by atoms with Crippen molar-refractivity contribution in [3.63, 3.8) is 0 Å². The Morgan fingerprint density at radius 1 is 2.00 bits per heavy atom. The van der Waals surface area contributed by atoms with Crippen LogP contribution in [-0.4, -0.2) is 5.11 Å². The van der Waals surface area contributed by atoms with Crippen LogP contribution in [0, 0.1) is 0 Å². The molecule has 0 fully saturated rings. The second kappa shape index (κ2) is 2.03. The molecular weight excluding hydrogens is 94.5 g/mol. The van der Waals surface area contributed by atoms with Gasteiger partial charge in [0.1, 0.15) is 6.26 Å². The van der Waals surface area contributed by atoms with Gasteiger partial charge >= 0.3 is 0 Å². The highest BCUT2D eigenvalue weighted by molar-refractivity contribution is 6.27. The van der Waals surface area contributed by atoms with Crippen LogP contribution in [0.1, 0.15) is 0 Å². The molecule has 0 spiro atoms. The van der Waals surface area contributed by atoms with Gasteiger partial charge in [0.15, 0.2) is 0 Å². The van der Waals surface area contributed by atoms with Gasteiger partial charge in [-0.3, -0.25) is 0 Å². The third-order valence-corrected chi connectivity index (χ3v) is 0.195. The molecule has 1 N–H and O–H groups in total. The monoisotopic (exact) mass is 96.0 g/mol. The summed E-state index contributed by atoms with van der Waals surface area (Å²) in [6.07, 6.45) is 0.182. The Kier molecular flexibility index (Phi) is 1.93. The number of hydrogen-bond donors (Lipinski definition) is 1. The molecule has 0 rings (SSSR count). The van der Waals surface area contributed by atoms with E-state index in [1.165, 1.54) is 0 Å². The quantitative estimate of drug-likeness (QED) is 0.454. The minimum absolute atomic E-state index is 0.182. The molecule has 0 aromatic carbocycles. The smallest absolute Gasteiger partial charge is 0.223 e. The summed E-state index contributed by atoms with van der Waals surface area (Å²) in [5.74, 6) is 0. The van der Waals surface area contributed by atoms with Crippen LogP contribution in [0.3, 0.4) is 0 Å². The zero-order valence-corrected chi connectivity index (χ0v) is 3.04. The molecule has 0 saturated heterocycles. The molecule has 0 aromatic heterocycles. The van der Waals surface area contributed by atoms with Crippen LogP contribution in [0.15, 0.2) is 11.5 Å². The Labute approximate surface area is 33.7 Å². The number of halogens is 2. The van der Waals surface area contributed by atoms with Crippen LogP contribution < -0.4 is 0 Å². The predicted octanol–water partition coefficient (Wildman–Crippen LogP) is 1.55. The Bertz CT molecular complexity index is 47.6. The fraction of sp³-hybridized carbons (Fsp3) is 0. The molecule has 0 bridgehead atoms. The fourth-order valence-electron chi connectivity index (χ4n) is 0. The molecule has 5 heavy (non-hydrogen) atoms. The zero-order valence-electron chi connectivity index (χ0n) is 2.28. The third kappa shape index (κ3) is 3.76. The third-order valence-electron chi connectivity index (χ3n) is 0.0976. The summed E-state index contributed by atoms with van der Waals surface area (Å²) in [7, 11) is 0. The van der Waals surface area contributed by atoms with E-state index < -0.39 is 5.29 Å². The molecule has 1 nitrogen and oxygen atoms in total. The molecule has 0 amide bonds. The predicted molar refractivity (Wildman–Crippen MR) is 17.7 cm³/mol. The topological polar surface area (TPSA) is 20.2 Å². The van der Waals surface area contributed by atoms with Crippen molar-refractivity contribution in [2.24, 2.45) is 0 Å². The lowest BCUT2D eigenvalue weighted by atomic mass is 11.1. The Hall–Kier alpha value is -0.240. The largest absolute Gasteiger partial charge is 0.512 e. The second-order valence-electron chi connectivity index (χ2n) is 0.419. The van der Waals surface area contributed by atoms with E-state index in [-0.39, 0.29) is 6.26 Å². The molecule has 0 unspecified atom stereocenters. The number of rotatable bonds is 0. The van der Waals surface area contributed by atoms with Crippen molar-refractivity contribution in [2.45, 2.75) is 0 Å². The van der Waals surface area contributed by atoms with Crippen LogP contribution >= 0.6 is 11.6 Å². The van der Waals surface area contributed by atoms with Gasteiger partial charge < -0.3 is 5.11 Å². The molecule has 0 aromatic rings. The molecule has 0 aliphatic heterocycles. The van der Waals surface area contributed by atoms with E-state index in [9.17, 15) is 4.39 Å². The normalized spacial score (nSPS) is 12.0. The van der Waals surface area contributed by atoms with Crippen LogP contribution in [0.4, 0.5) is 4.39 Å². The van der Waals surface area contributed by atoms with Gasteiger partial charge in [-0.25, -0.2) is 0 Å². The van der Waals surface area contributed by atoms with Crippen LogP contribution in [0.25, 0.3) is 0 Å².